The number of carbonyl (C=O) groups is 2. The zero-order valence-electron chi connectivity index (χ0n) is 20.4. The SMILES string of the molecule is CN(C(=O)c1c(F)cccc1F)c1cccc(C(=O)N(I)c2ccc(C(F)(C(F)(F)F)C(F)(F)C(F)(F)F)cc2I)c1. The van der Waals surface area contributed by atoms with Crippen LogP contribution in [0, 0.1) is 15.2 Å². The molecule has 0 saturated heterocycles. The molecule has 3 rings (SSSR count). The monoisotopic (exact) mass is 836 g/mol. The number of halogens is 13. The van der Waals surface area contributed by atoms with Crippen molar-refractivity contribution in [2.45, 2.75) is 23.9 Å². The Balaban J connectivity index is 1.97. The van der Waals surface area contributed by atoms with Crippen molar-refractivity contribution in [3.05, 3.63) is 92.6 Å². The highest BCUT2D eigenvalue weighted by Crippen LogP contribution is 2.58. The van der Waals surface area contributed by atoms with E-state index in [0.29, 0.717) is 6.07 Å². The fourth-order valence-electron chi connectivity index (χ4n) is 3.66. The number of hydrogen-bond acceptors (Lipinski definition) is 2. The van der Waals surface area contributed by atoms with E-state index in [2.05, 4.69) is 0 Å². The smallest absolute Gasteiger partial charge is 0.311 e. The summed E-state index contributed by atoms with van der Waals surface area (Å²) in [5.74, 6) is -11.2. The Morgan fingerprint density at radius 2 is 1.29 bits per heavy atom. The predicted octanol–water partition coefficient (Wildman–Crippen LogP) is 8.77. The highest BCUT2D eigenvalue weighted by Gasteiger charge is 2.81. The van der Waals surface area contributed by atoms with Crippen LogP contribution in [-0.2, 0) is 5.67 Å². The molecule has 226 valence electrons. The summed E-state index contributed by atoms with van der Waals surface area (Å²) in [7, 11) is 1.15. The van der Waals surface area contributed by atoms with Crippen LogP contribution in [0.5, 0.6) is 0 Å². The average Bonchev–Trinajstić information content (AvgIpc) is 2.89. The van der Waals surface area contributed by atoms with Gasteiger partial charge in [0.2, 0.25) is 0 Å². The molecule has 0 saturated carbocycles. The number of carbonyl (C=O) groups excluding carboxylic acids is 2. The van der Waals surface area contributed by atoms with E-state index < -0.39 is 62.1 Å². The van der Waals surface area contributed by atoms with Crippen LogP contribution < -0.4 is 8.01 Å². The third-order valence-electron chi connectivity index (χ3n) is 5.88. The fraction of sp³-hybridized carbons (Fsp3) is 0.200. The molecular formula is C25H13F11I2N2O2. The highest BCUT2D eigenvalue weighted by molar-refractivity contribution is 14.1. The summed E-state index contributed by atoms with van der Waals surface area (Å²) < 4.78 is 150. The van der Waals surface area contributed by atoms with Gasteiger partial charge in [0.05, 0.1) is 28.6 Å². The standard InChI is InChI=1S/C25H13F11I2N2O2/c1-39(21(42)19-15(26)6-3-7-16(19)27)14-5-2-4-12(10-14)20(41)40(38)18-9-8-13(11-17(18)37)22(28,24(31,32)33)23(29,30)25(34,35)36/h2-11H,1H3. The van der Waals surface area contributed by atoms with Crippen LogP contribution in [0.1, 0.15) is 26.3 Å². The summed E-state index contributed by atoms with van der Waals surface area (Å²) in [4.78, 5) is 26.6. The Kier molecular flexibility index (Phi) is 9.46. The summed E-state index contributed by atoms with van der Waals surface area (Å²) in [6.07, 6.45) is -13.6. The molecule has 0 aliphatic carbocycles. The first-order chi connectivity index (χ1) is 19.2. The molecule has 0 bridgehead atoms. The Labute approximate surface area is 257 Å². The topological polar surface area (TPSA) is 40.6 Å². The summed E-state index contributed by atoms with van der Waals surface area (Å²) >= 11 is 2.58. The van der Waals surface area contributed by atoms with Gasteiger partial charge in [-0.05, 0) is 65.1 Å². The van der Waals surface area contributed by atoms with E-state index in [9.17, 15) is 57.9 Å². The van der Waals surface area contributed by atoms with Crippen molar-refractivity contribution in [3.63, 3.8) is 0 Å². The first kappa shape index (κ1) is 33.8. The molecular weight excluding hydrogens is 823 g/mol. The first-order valence-electron chi connectivity index (χ1n) is 11.0. The number of amides is 2. The molecule has 4 nitrogen and oxygen atoms in total. The third-order valence-corrected chi connectivity index (χ3v) is 7.70. The molecule has 0 fully saturated rings. The zero-order valence-corrected chi connectivity index (χ0v) is 24.7. The van der Waals surface area contributed by atoms with Crippen LogP contribution in [-0.4, -0.2) is 37.1 Å². The predicted molar refractivity (Wildman–Crippen MR) is 145 cm³/mol. The summed E-state index contributed by atoms with van der Waals surface area (Å²) in [6.45, 7) is 0. The normalized spacial score (nSPS) is 13.9. The molecule has 0 aliphatic heterocycles. The van der Waals surface area contributed by atoms with Gasteiger partial charge in [-0.25, -0.2) is 16.3 Å². The van der Waals surface area contributed by atoms with Crippen LogP contribution in [0.4, 0.5) is 59.7 Å². The van der Waals surface area contributed by atoms with E-state index in [4.69, 9.17) is 0 Å². The average molecular weight is 836 g/mol. The van der Waals surface area contributed by atoms with Gasteiger partial charge in [-0.2, -0.15) is 35.1 Å². The Morgan fingerprint density at radius 1 is 0.738 bits per heavy atom. The lowest BCUT2D eigenvalue weighted by Crippen LogP contribution is -2.59. The molecule has 0 heterocycles. The van der Waals surface area contributed by atoms with Gasteiger partial charge in [0.25, 0.3) is 11.8 Å². The fourth-order valence-corrected chi connectivity index (χ4v) is 5.57. The number of anilines is 2. The minimum Gasteiger partial charge on any atom is -0.311 e. The van der Waals surface area contributed by atoms with E-state index in [1.807, 2.05) is 0 Å². The molecule has 1 unspecified atom stereocenters. The van der Waals surface area contributed by atoms with Crippen molar-refractivity contribution >= 4 is 68.6 Å². The molecule has 0 aliphatic rings. The first-order valence-corrected chi connectivity index (χ1v) is 13.0. The van der Waals surface area contributed by atoms with Crippen molar-refractivity contribution in [2.24, 2.45) is 0 Å². The van der Waals surface area contributed by atoms with Crippen molar-refractivity contribution in [3.8, 4) is 0 Å². The van der Waals surface area contributed by atoms with Crippen LogP contribution in [0.2, 0.25) is 0 Å². The lowest BCUT2D eigenvalue weighted by atomic mass is 9.87. The molecule has 0 N–H and O–H groups in total. The maximum atomic E-state index is 14.8. The molecule has 3 aromatic carbocycles. The molecule has 1 atom stereocenters. The van der Waals surface area contributed by atoms with Crippen molar-refractivity contribution in [2.75, 3.05) is 15.1 Å². The zero-order chi connectivity index (χ0) is 32.0. The van der Waals surface area contributed by atoms with Gasteiger partial charge < -0.3 is 4.90 Å². The lowest BCUT2D eigenvalue weighted by Gasteiger charge is -2.36. The number of alkyl halides is 9. The maximum Gasteiger partial charge on any atom is 0.457 e. The van der Waals surface area contributed by atoms with Gasteiger partial charge in [0.1, 0.15) is 17.2 Å². The van der Waals surface area contributed by atoms with E-state index in [0.717, 1.165) is 39.3 Å². The molecule has 42 heavy (non-hydrogen) atoms. The van der Waals surface area contributed by atoms with Crippen LogP contribution in [0.3, 0.4) is 0 Å². The molecule has 17 heteroatoms. The summed E-state index contributed by atoms with van der Waals surface area (Å²) in [6, 6.07) is 8.39. The summed E-state index contributed by atoms with van der Waals surface area (Å²) in [5, 5.41) is 0. The molecule has 0 spiro atoms. The van der Waals surface area contributed by atoms with E-state index in [-0.39, 0.29) is 29.1 Å². The van der Waals surface area contributed by atoms with Gasteiger partial charge >= 0.3 is 23.9 Å². The Hall–Kier alpha value is -2.71. The van der Waals surface area contributed by atoms with Gasteiger partial charge in [0.15, 0.2) is 0 Å². The van der Waals surface area contributed by atoms with Crippen molar-refractivity contribution in [1.82, 2.24) is 0 Å². The largest absolute Gasteiger partial charge is 0.457 e. The van der Waals surface area contributed by atoms with Crippen LogP contribution >= 0.6 is 45.5 Å². The number of hydrogen-bond donors (Lipinski definition) is 0. The second kappa shape index (κ2) is 11.8. The van der Waals surface area contributed by atoms with Gasteiger partial charge in [-0.1, -0.05) is 18.2 Å². The quantitative estimate of drug-likeness (QED) is 0.142. The van der Waals surface area contributed by atoms with Crippen molar-refractivity contribution in [1.29, 1.82) is 0 Å². The Morgan fingerprint density at radius 3 is 1.79 bits per heavy atom. The maximum absolute atomic E-state index is 14.8. The number of rotatable bonds is 6. The van der Waals surface area contributed by atoms with Gasteiger partial charge in [-0.15, -0.1) is 0 Å². The Bertz CT molecular complexity index is 1510. The van der Waals surface area contributed by atoms with Gasteiger partial charge in [0, 0.05) is 27.4 Å². The second-order valence-corrected chi connectivity index (χ2v) is 10.6. The minimum absolute atomic E-state index is 0.0230. The number of nitrogens with zero attached hydrogens (tertiary/aromatic N) is 2. The second-order valence-electron chi connectivity index (χ2n) is 8.49. The molecule has 0 radical (unpaired) electrons. The van der Waals surface area contributed by atoms with Crippen LogP contribution in [0.25, 0.3) is 0 Å². The van der Waals surface area contributed by atoms with E-state index in [1.54, 1.807) is 0 Å². The van der Waals surface area contributed by atoms with E-state index in [1.165, 1.54) is 63.7 Å². The van der Waals surface area contributed by atoms with Crippen LogP contribution in [0.15, 0.2) is 60.7 Å². The lowest BCUT2D eigenvalue weighted by molar-refractivity contribution is -0.389. The molecule has 0 aromatic heterocycles. The highest BCUT2D eigenvalue weighted by atomic mass is 127. The minimum atomic E-state index is -6.90. The summed E-state index contributed by atoms with van der Waals surface area (Å²) in [5.41, 5.74) is -9.60. The third kappa shape index (κ3) is 5.89. The molecule has 2 amide bonds. The van der Waals surface area contributed by atoms with Gasteiger partial charge in [-0.3, -0.25) is 9.59 Å². The van der Waals surface area contributed by atoms with E-state index >= 15 is 0 Å². The molecule has 3 aromatic rings. The number of benzene rings is 3. The van der Waals surface area contributed by atoms with Crippen molar-refractivity contribution < 1.29 is 57.9 Å².